The first-order valence-electron chi connectivity index (χ1n) is 4.74. The first-order chi connectivity index (χ1) is 9.91. The van der Waals surface area contributed by atoms with Crippen LogP contribution in [0.15, 0.2) is 0 Å². The summed E-state index contributed by atoms with van der Waals surface area (Å²) in [5.74, 6) is 0. The van der Waals surface area contributed by atoms with E-state index in [1.807, 2.05) is 0 Å². The molecule has 25 heavy (non-hydrogen) atoms. The van der Waals surface area contributed by atoms with E-state index in [-0.39, 0.29) is 5.48 Å². The van der Waals surface area contributed by atoms with Gasteiger partial charge in [-0.05, 0) is 0 Å². The van der Waals surface area contributed by atoms with Gasteiger partial charge in [0.15, 0.2) is 0 Å². The summed E-state index contributed by atoms with van der Waals surface area (Å²) in [6, 6.07) is 0. The van der Waals surface area contributed by atoms with Crippen LogP contribution in [0.4, 0.5) is 43.9 Å². The molecular formula is C6H8F10O7S2. The number of hydrogen-bond donors (Lipinski definition) is 2. The summed E-state index contributed by atoms with van der Waals surface area (Å²) in [7, 11) is -12.0. The van der Waals surface area contributed by atoms with Crippen molar-refractivity contribution < 1.29 is 75.3 Å². The highest BCUT2D eigenvalue weighted by atomic mass is 32.2. The van der Waals surface area contributed by atoms with Gasteiger partial charge < -0.3 is 5.48 Å². The van der Waals surface area contributed by atoms with E-state index in [4.69, 9.17) is 9.11 Å². The van der Waals surface area contributed by atoms with Crippen molar-refractivity contribution in [1.82, 2.24) is 0 Å². The van der Waals surface area contributed by atoms with Gasteiger partial charge in [0.25, 0.3) is 0 Å². The Kier molecular flexibility index (Phi) is 9.45. The Morgan fingerprint density at radius 1 is 0.560 bits per heavy atom. The van der Waals surface area contributed by atoms with Gasteiger partial charge in [-0.2, -0.15) is 60.7 Å². The molecule has 0 atom stereocenters. The quantitative estimate of drug-likeness (QED) is 0.500. The minimum absolute atomic E-state index is 0. The number of hydrogen-bond acceptors (Lipinski definition) is 4. The van der Waals surface area contributed by atoms with Crippen LogP contribution in [0.2, 0.25) is 0 Å². The average Bonchev–Trinajstić information content (AvgIpc) is 2.05. The Morgan fingerprint density at radius 3 is 0.760 bits per heavy atom. The second-order valence-electron chi connectivity index (χ2n) is 3.81. The summed E-state index contributed by atoms with van der Waals surface area (Å²) in [6.07, 6.45) is -16.5. The summed E-state index contributed by atoms with van der Waals surface area (Å²) in [5, 5.41) is -10.4. The summed E-state index contributed by atoms with van der Waals surface area (Å²) >= 11 is 0. The summed E-state index contributed by atoms with van der Waals surface area (Å²) < 4.78 is 169. The molecule has 0 radical (unpaired) electrons. The molecule has 0 aliphatic carbocycles. The van der Waals surface area contributed by atoms with Crippen molar-refractivity contribution in [3.8, 4) is 0 Å². The Balaban J connectivity index is -0.000000372. The van der Waals surface area contributed by atoms with Gasteiger partial charge in [0, 0.05) is 0 Å². The van der Waals surface area contributed by atoms with Gasteiger partial charge in [0.05, 0.1) is 0 Å². The lowest BCUT2D eigenvalue weighted by Gasteiger charge is -2.14. The van der Waals surface area contributed by atoms with E-state index in [1.54, 1.807) is 0 Å². The van der Waals surface area contributed by atoms with Crippen molar-refractivity contribution in [3.05, 3.63) is 0 Å². The van der Waals surface area contributed by atoms with Gasteiger partial charge in [-0.15, -0.1) is 0 Å². The van der Waals surface area contributed by atoms with E-state index in [2.05, 4.69) is 0 Å². The van der Waals surface area contributed by atoms with Crippen molar-refractivity contribution >= 4 is 20.2 Å². The van der Waals surface area contributed by atoms with Crippen LogP contribution in [0.25, 0.3) is 0 Å². The van der Waals surface area contributed by atoms with Crippen LogP contribution in [-0.2, 0) is 20.2 Å². The van der Waals surface area contributed by atoms with Gasteiger partial charge in [-0.1, -0.05) is 0 Å². The summed E-state index contributed by atoms with van der Waals surface area (Å²) in [5.41, 5.74) is 0. The minimum Gasteiger partial charge on any atom is -0.412 e. The van der Waals surface area contributed by atoms with Crippen molar-refractivity contribution in [2.45, 2.75) is 35.7 Å². The average molecular weight is 446 g/mol. The van der Waals surface area contributed by atoms with Crippen molar-refractivity contribution in [1.29, 1.82) is 0 Å². The third kappa shape index (κ3) is 12.1. The molecule has 0 fully saturated rings. The van der Waals surface area contributed by atoms with Crippen LogP contribution < -0.4 is 0 Å². The third-order valence-corrected chi connectivity index (χ3v) is 3.37. The number of rotatable bonds is 4. The topological polar surface area (TPSA) is 140 Å². The molecule has 156 valence electrons. The highest BCUT2D eigenvalue weighted by Crippen LogP contribution is 2.35. The lowest BCUT2D eigenvalue weighted by Crippen LogP contribution is -2.33. The Bertz CT molecular complexity index is 561. The van der Waals surface area contributed by atoms with E-state index < -0.39 is 55.9 Å². The second kappa shape index (κ2) is 8.18. The Hall–Kier alpha value is -0.920. The van der Waals surface area contributed by atoms with Crippen molar-refractivity contribution in [2.75, 3.05) is 0 Å². The van der Waals surface area contributed by atoms with Crippen LogP contribution in [0, 0.1) is 0 Å². The molecule has 4 N–H and O–H groups in total. The summed E-state index contributed by atoms with van der Waals surface area (Å²) in [6.45, 7) is 0. The predicted molar refractivity (Wildman–Crippen MR) is 57.9 cm³/mol. The fourth-order valence-electron chi connectivity index (χ4n) is 0.649. The third-order valence-electron chi connectivity index (χ3n) is 1.57. The predicted octanol–water partition coefficient (Wildman–Crippen LogP) is 2.01. The monoisotopic (exact) mass is 446 g/mol. The molecule has 0 amide bonds. The van der Waals surface area contributed by atoms with Gasteiger partial charge in [0.1, 0.15) is 12.8 Å². The fraction of sp³-hybridized carbons (Fsp3) is 1.00. The molecule has 0 saturated heterocycles. The molecule has 0 bridgehead atoms. The molecule has 0 rings (SSSR count). The largest absolute Gasteiger partial charge is 0.412 e. The van der Waals surface area contributed by atoms with Crippen LogP contribution in [0.5, 0.6) is 0 Å². The Morgan fingerprint density at radius 2 is 0.720 bits per heavy atom. The molecule has 19 heteroatoms. The zero-order chi connectivity index (χ0) is 20.4. The number of alkyl halides is 10. The molecule has 7 nitrogen and oxygen atoms in total. The standard InChI is InChI=1S/2C3H3F5O3S.H2O/c2*4-2(5,6)1-3(7,8)12(9,10)11;/h2*1H2,(H,9,10,11);1H2. The maximum absolute atomic E-state index is 11.9. The normalized spacial score (nSPS) is 14.2. The smallest absolute Gasteiger partial charge is 0.396 e. The van der Waals surface area contributed by atoms with Crippen LogP contribution >= 0.6 is 0 Å². The SMILES string of the molecule is O.O=S(=O)(O)C(F)(F)CC(F)(F)F.O=S(=O)(O)C(F)(F)CC(F)(F)F. The van der Waals surface area contributed by atoms with Crippen LogP contribution in [0.3, 0.4) is 0 Å². The molecule has 0 aliphatic rings. The molecule has 0 spiro atoms. The van der Waals surface area contributed by atoms with Gasteiger partial charge in [-0.3, -0.25) is 9.11 Å². The molecule has 0 aromatic rings. The van der Waals surface area contributed by atoms with Crippen LogP contribution in [0.1, 0.15) is 12.8 Å². The highest BCUT2D eigenvalue weighted by Gasteiger charge is 2.53. The first kappa shape index (κ1) is 28.9. The Labute approximate surface area is 132 Å². The van der Waals surface area contributed by atoms with Gasteiger partial charge in [-0.25, -0.2) is 0 Å². The summed E-state index contributed by atoms with van der Waals surface area (Å²) in [4.78, 5) is 0. The molecule has 0 heterocycles. The lowest BCUT2D eigenvalue weighted by molar-refractivity contribution is -0.169. The second-order valence-corrected chi connectivity index (χ2v) is 6.90. The maximum atomic E-state index is 11.9. The zero-order valence-electron chi connectivity index (χ0n) is 11.0. The van der Waals surface area contributed by atoms with E-state index >= 15 is 0 Å². The lowest BCUT2D eigenvalue weighted by atomic mass is 10.4. The number of halogens is 10. The first-order valence-corrected chi connectivity index (χ1v) is 7.62. The fourth-order valence-corrected chi connectivity index (χ4v) is 1.34. The maximum Gasteiger partial charge on any atom is 0.396 e. The van der Waals surface area contributed by atoms with E-state index in [0.717, 1.165) is 0 Å². The molecular weight excluding hydrogens is 438 g/mol. The molecule has 0 unspecified atom stereocenters. The zero-order valence-corrected chi connectivity index (χ0v) is 12.7. The van der Waals surface area contributed by atoms with Gasteiger partial charge in [0.2, 0.25) is 0 Å². The van der Waals surface area contributed by atoms with Gasteiger partial charge >= 0.3 is 43.1 Å². The molecule has 0 aromatic carbocycles. The van der Waals surface area contributed by atoms with Crippen LogP contribution in [-0.4, -0.2) is 54.3 Å². The molecule has 0 aromatic heterocycles. The van der Waals surface area contributed by atoms with E-state index in [1.165, 1.54) is 0 Å². The molecule has 0 aliphatic heterocycles. The molecule has 0 saturated carbocycles. The van der Waals surface area contributed by atoms with E-state index in [0.29, 0.717) is 0 Å². The minimum atomic E-state index is -5.99. The van der Waals surface area contributed by atoms with Crippen molar-refractivity contribution in [2.24, 2.45) is 0 Å². The van der Waals surface area contributed by atoms with Crippen molar-refractivity contribution in [3.63, 3.8) is 0 Å². The highest BCUT2D eigenvalue weighted by molar-refractivity contribution is 7.87. The van der Waals surface area contributed by atoms with E-state index in [9.17, 15) is 60.7 Å².